The Morgan fingerprint density at radius 2 is 1.64 bits per heavy atom. The molecule has 0 amide bonds. The average Bonchev–Trinajstić information content (AvgIpc) is 3.23. The van der Waals surface area contributed by atoms with Gasteiger partial charge in [-0.25, -0.2) is 12.8 Å². The second-order valence-electron chi connectivity index (χ2n) is 7.06. The third-order valence-corrected chi connectivity index (χ3v) is 6.80. The molecule has 0 radical (unpaired) electrons. The first-order valence-electron chi connectivity index (χ1n) is 8.30. The molecule has 0 aromatic heterocycles. The lowest BCUT2D eigenvalue weighted by molar-refractivity contribution is 0.602. The first-order chi connectivity index (χ1) is 11.8. The van der Waals surface area contributed by atoms with E-state index in [9.17, 15) is 12.8 Å². The molecule has 2 aliphatic carbocycles. The summed E-state index contributed by atoms with van der Waals surface area (Å²) in [6, 6.07) is 12.0. The molecule has 1 fully saturated rings. The van der Waals surface area contributed by atoms with Crippen molar-refractivity contribution in [1.29, 1.82) is 0 Å². The van der Waals surface area contributed by atoms with Crippen molar-refractivity contribution in [1.82, 2.24) is 0 Å². The number of hydrogen-bond acceptors (Lipinski definition) is 2. The minimum Gasteiger partial charge on any atom is -0.224 e. The van der Waals surface area contributed by atoms with Crippen LogP contribution in [-0.2, 0) is 9.84 Å². The number of rotatable bonds is 3. The van der Waals surface area contributed by atoms with Crippen molar-refractivity contribution < 1.29 is 12.8 Å². The van der Waals surface area contributed by atoms with Gasteiger partial charge in [0.05, 0.1) is 9.92 Å². The highest BCUT2D eigenvalue weighted by Crippen LogP contribution is 2.65. The first-order valence-corrected chi connectivity index (χ1v) is 10.6. The fourth-order valence-corrected chi connectivity index (χ4v) is 4.72. The topological polar surface area (TPSA) is 34.1 Å². The molecule has 0 unspecified atom stereocenters. The van der Waals surface area contributed by atoms with E-state index in [-0.39, 0.29) is 10.4 Å². The van der Waals surface area contributed by atoms with Gasteiger partial charge in [-0.05, 0) is 77.6 Å². The Hall–Kier alpha value is -1.65. The van der Waals surface area contributed by atoms with Gasteiger partial charge in [0.15, 0.2) is 9.84 Å². The van der Waals surface area contributed by atoms with Gasteiger partial charge in [0.1, 0.15) is 5.82 Å². The van der Waals surface area contributed by atoms with Crippen LogP contribution in [0.1, 0.15) is 36.8 Å². The van der Waals surface area contributed by atoms with Crippen molar-refractivity contribution in [2.45, 2.75) is 30.6 Å². The average molecular weight is 377 g/mol. The molecule has 0 N–H and O–H groups in total. The highest BCUT2D eigenvalue weighted by Gasteiger charge is 2.50. The number of hydrogen-bond donors (Lipinski definition) is 0. The quantitative estimate of drug-likeness (QED) is 0.721. The molecular formula is C20H18ClFO2S. The molecule has 2 aliphatic rings. The van der Waals surface area contributed by atoms with Crippen molar-refractivity contribution in [3.05, 3.63) is 64.4 Å². The number of halogens is 2. The van der Waals surface area contributed by atoms with Crippen LogP contribution in [0.4, 0.5) is 4.39 Å². The Balaban J connectivity index is 1.84. The van der Waals surface area contributed by atoms with Crippen LogP contribution < -0.4 is 0 Å². The maximum absolute atomic E-state index is 13.5. The second-order valence-corrected chi connectivity index (χ2v) is 9.48. The Morgan fingerprint density at radius 1 is 1.00 bits per heavy atom. The van der Waals surface area contributed by atoms with E-state index in [0.717, 1.165) is 36.8 Å². The SMILES string of the molecule is CS(=O)(=O)c1ccc(C2=C(c3ccc(F)c(Cl)c3)CCC23CC3)cc1. The predicted octanol–water partition coefficient (Wildman–Crippen LogP) is 5.37. The monoisotopic (exact) mass is 376 g/mol. The minimum absolute atomic E-state index is 0.133. The number of allylic oxidation sites excluding steroid dienone is 2. The van der Waals surface area contributed by atoms with Gasteiger partial charge in [-0.1, -0.05) is 29.8 Å². The third kappa shape index (κ3) is 2.91. The fraction of sp³-hybridized carbons (Fsp3) is 0.300. The van der Waals surface area contributed by atoms with E-state index in [4.69, 9.17) is 11.6 Å². The van der Waals surface area contributed by atoms with Gasteiger partial charge in [0.2, 0.25) is 0 Å². The van der Waals surface area contributed by atoms with Crippen molar-refractivity contribution in [3.8, 4) is 0 Å². The van der Waals surface area contributed by atoms with Gasteiger partial charge in [-0.3, -0.25) is 0 Å². The lowest BCUT2D eigenvalue weighted by Crippen LogP contribution is -2.01. The van der Waals surface area contributed by atoms with Gasteiger partial charge < -0.3 is 0 Å². The lowest BCUT2D eigenvalue weighted by atomic mass is 9.89. The van der Waals surface area contributed by atoms with Crippen LogP contribution in [0.5, 0.6) is 0 Å². The summed E-state index contributed by atoms with van der Waals surface area (Å²) in [5, 5.41) is 0.133. The van der Waals surface area contributed by atoms with Crippen molar-refractivity contribution in [2.24, 2.45) is 5.41 Å². The standard InChI is InChI=1S/C20H18ClFO2S/c1-25(23,24)15-5-2-13(3-6-15)19-16(8-9-20(19)10-11-20)14-4-7-18(22)17(21)12-14/h2-7,12H,8-11H2,1H3. The molecule has 0 atom stereocenters. The van der Waals surface area contributed by atoms with Gasteiger partial charge >= 0.3 is 0 Å². The molecular weight excluding hydrogens is 359 g/mol. The lowest BCUT2D eigenvalue weighted by Gasteiger charge is -2.16. The van der Waals surface area contributed by atoms with E-state index in [1.807, 2.05) is 12.1 Å². The smallest absolute Gasteiger partial charge is 0.175 e. The largest absolute Gasteiger partial charge is 0.224 e. The maximum atomic E-state index is 13.5. The van der Waals surface area contributed by atoms with E-state index in [0.29, 0.717) is 4.90 Å². The molecule has 4 rings (SSSR count). The van der Waals surface area contributed by atoms with Crippen molar-refractivity contribution >= 4 is 32.6 Å². The Kier molecular flexibility index (Phi) is 3.82. The molecule has 0 heterocycles. The molecule has 0 aliphatic heterocycles. The van der Waals surface area contributed by atoms with Crippen LogP contribution in [0.2, 0.25) is 5.02 Å². The predicted molar refractivity (Wildman–Crippen MR) is 98.7 cm³/mol. The minimum atomic E-state index is -3.21. The zero-order chi connectivity index (χ0) is 17.8. The Labute approximate surface area is 152 Å². The van der Waals surface area contributed by atoms with Gasteiger partial charge in [-0.2, -0.15) is 0 Å². The van der Waals surface area contributed by atoms with E-state index in [2.05, 4.69) is 0 Å². The first kappa shape index (κ1) is 16.8. The second kappa shape index (κ2) is 5.68. The molecule has 1 spiro atoms. The van der Waals surface area contributed by atoms with Gasteiger partial charge in [0, 0.05) is 6.26 Å². The van der Waals surface area contributed by atoms with Gasteiger partial charge in [0.25, 0.3) is 0 Å². The third-order valence-electron chi connectivity index (χ3n) is 5.38. The van der Waals surface area contributed by atoms with Crippen molar-refractivity contribution in [3.63, 3.8) is 0 Å². The molecule has 2 aromatic rings. The zero-order valence-corrected chi connectivity index (χ0v) is 15.4. The molecule has 25 heavy (non-hydrogen) atoms. The summed E-state index contributed by atoms with van der Waals surface area (Å²) >= 11 is 5.98. The van der Waals surface area contributed by atoms with Crippen LogP contribution in [0.25, 0.3) is 11.1 Å². The van der Waals surface area contributed by atoms with Gasteiger partial charge in [-0.15, -0.1) is 0 Å². The molecule has 130 valence electrons. The summed E-state index contributed by atoms with van der Waals surface area (Å²) in [4.78, 5) is 0.325. The highest BCUT2D eigenvalue weighted by atomic mass is 35.5. The molecule has 0 saturated heterocycles. The summed E-state index contributed by atoms with van der Waals surface area (Å²) in [5.41, 5.74) is 4.68. The summed E-state index contributed by atoms with van der Waals surface area (Å²) in [6.07, 6.45) is 5.53. The summed E-state index contributed by atoms with van der Waals surface area (Å²) < 4.78 is 36.9. The summed E-state index contributed by atoms with van der Waals surface area (Å²) in [6.45, 7) is 0. The van der Waals surface area contributed by atoms with E-state index < -0.39 is 15.7 Å². The summed E-state index contributed by atoms with van der Waals surface area (Å²) in [7, 11) is -3.21. The highest BCUT2D eigenvalue weighted by molar-refractivity contribution is 7.90. The molecule has 1 saturated carbocycles. The summed E-state index contributed by atoms with van der Waals surface area (Å²) in [5.74, 6) is -0.413. The van der Waals surface area contributed by atoms with E-state index >= 15 is 0 Å². The Morgan fingerprint density at radius 3 is 2.20 bits per heavy atom. The molecule has 0 bridgehead atoms. The van der Waals surface area contributed by atoms with Crippen molar-refractivity contribution in [2.75, 3.05) is 6.26 Å². The van der Waals surface area contributed by atoms with E-state index in [1.54, 1.807) is 24.3 Å². The van der Waals surface area contributed by atoms with Crippen LogP contribution in [0, 0.1) is 11.2 Å². The van der Waals surface area contributed by atoms with E-state index in [1.165, 1.54) is 23.5 Å². The molecule has 2 aromatic carbocycles. The van der Waals surface area contributed by atoms with Crippen LogP contribution in [0.3, 0.4) is 0 Å². The fourth-order valence-electron chi connectivity index (χ4n) is 3.91. The number of sulfone groups is 1. The zero-order valence-electron chi connectivity index (χ0n) is 13.9. The number of benzene rings is 2. The molecule has 5 heteroatoms. The maximum Gasteiger partial charge on any atom is 0.175 e. The van der Waals surface area contributed by atoms with Crippen LogP contribution in [0.15, 0.2) is 47.4 Å². The normalized spacial score (nSPS) is 18.8. The molecule has 2 nitrogen and oxygen atoms in total. The Bertz CT molecular complexity index is 987. The van der Waals surface area contributed by atoms with Crippen LogP contribution in [-0.4, -0.2) is 14.7 Å². The van der Waals surface area contributed by atoms with Crippen LogP contribution >= 0.6 is 11.6 Å².